The molecule has 4 nitrogen and oxygen atoms in total. The van der Waals surface area contributed by atoms with Gasteiger partial charge in [0, 0.05) is 25.6 Å². The molecule has 116 valence electrons. The summed E-state index contributed by atoms with van der Waals surface area (Å²) in [6.07, 6.45) is 4.62. The van der Waals surface area contributed by atoms with Crippen molar-refractivity contribution < 1.29 is 9.53 Å². The molecule has 21 heavy (non-hydrogen) atoms. The van der Waals surface area contributed by atoms with Gasteiger partial charge < -0.3 is 15.4 Å². The van der Waals surface area contributed by atoms with Gasteiger partial charge in [0.1, 0.15) is 5.75 Å². The fourth-order valence-corrected chi connectivity index (χ4v) is 2.84. The molecule has 1 aromatic carbocycles. The Labute approximate surface area is 127 Å². The standard InChI is InChI=1S/C17H26N2O2/c1-14-6-4-8-16(12-14)21-11-5-9-17(20)19-10-3-2-7-15(19)13-18/h4,6,8,12,15H,2-3,5,7,9-11,13,18H2,1H3. The highest BCUT2D eigenvalue weighted by Crippen LogP contribution is 2.18. The van der Waals surface area contributed by atoms with Crippen LogP contribution in [0, 0.1) is 6.92 Å². The highest BCUT2D eigenvalue weighted by molar-refractivity contribution is 5.76. The van der Waals surface area contributed by atoms with Gasteiger partial charge in [0.25, 0.3) is 0 Å². The van der Waals surface area contributed by atoms with Crippen molar-refractivity contribution in [1.82, 2.24) is 4.90 Å². The van der Waals surface area contributed by atoms with Gasteiger partial charge in [0.2, 0.25) is 5.91 Å². The number of piperidine rings is 1. The van der Waals surface area contributed by atoms with Crippen LogP contribution >= 0.6 is 0 Å². The summed E-state index contributed by atoms with van der Waals surface area (Å²) in [5.74, 6) is 1.10. The number of aryl methyl sites for hydroxylation is 1. The molecule has 0 saturated carbocycles. The Balaban J connectivity index is 1.71. The zero-order valence-electron chi connectivity index (χ0n) is 12.9. The molecule has 0 radical (unpaired) electrons. The van der Waals surface area contributed by atoms with Crippen LogP contribution in [0.1, 0.15) is 37.7 Å². The minimum absolute atomic E-state index is 0.220. The van der Waals surface area contributed by atoms with Gasteiger partial charge in [-0.25, -0.2) is 0 Å². The summed E-state index contributed by atoms with van der Waals surface area (Å²) in [6, 6.07) is 8.22. The van der Waals surface area contributed by atoms with Gasteiger partial charge in [-0.15, -0.1) is 0 Å². The maximum absolute atomic E-state index is 12.2. The molecular formula is C17H26N2O2. The number of nitrogens with two attached hydrogens (primary N) is 1. The Morgan fingerprint density at radius 2 is 2.29 bits per heavy atom. The zero-order valence-corrected chi connectivity index (χ0v) is 12.9. The number of rotatable bonds is 6. The van der Waals surface area contributed by atoms with E-state index in [0.29, 0.717) is 19.6 Å². The molecule has 1 unspecified atom stereocenters. The molecule has 0 aromatic heterocycles. The fourth-order valence-electron chi connectivity index (χ4n) is 2.84. The number of hydrogen-bond donors (Lipinski definition) is 1. The number of carbonyl (C=O) groups excluding carboxylic acids is 1. The van der Waals surface area contributed by atoms with E-state index in [1.807, 2.05) is 36.1 Å². The summed E-state index contributed by atoms with van der Waals surface area (Å²) in [5.41, 5.74) is 6.94. The van der Waals surface area contributed by atoms with Crippen molar-refractivity contribution in [3.63, 3.8) is 0 Å². The van der Waals surface area contributed by atoms with Crippen LogP contribution in [-0.2, 0) is 4.79 Å². The second-order valence-corrected chi connectivity index (χ2v) is 5.74. The Bertz CT molecular complexity index is 462. The zero-order chi connectivity index (χ0) is 15.1. The molecule has 2 rings (SSSR count). The minimum atomic E-state index is 0.220. The quantitative estimate of drug-likeness (QED) is 0.819. The highest BCUT2D eigenvalue weighted by Gasteiger charge is 2.24. The number of ether oxygens (including phenoxy) is 1. The predicted molar refractivity (Wildman–Crippen MR) is 84.3 cm³/mol. The van der Waals surface area contributed by atoms with Gasteiger partial charge in [-0.05, 0) is 50.3 Å². The van der Waals surface area contributed by atoms with Crippen LogP contribution in [0.5, 0.6) is 5.75 Å². The molecule has 1 saturated heterocycles. The summed E-state index contributed by atoms with van der Waals surface area (Å²) < 4.78 is 5.68. The largest absolute Gasteiger partial charge is 0.494 e. The fraction of sp³-hybridized carbons (Fsp3) is 0.588. The lowest BCUT2D eigenvalue weighted by molar-refractivity contribution is -0.134. The molecule has 0 aliphatic carbocycles. The number of amides is 1. The van der Waals surface area contributed by atoms with E-state index in [4.69, 9.17) is 10.5 Å². The average molecular weight is 290 g/mol. The first kappa shape index (κ1) is 15.8. The first-order chi connectivity index (χ1) is 10.2. The van der Waals surface area contributed by atoms with Crippen molar-refractivity contribution in [3.8, 4) is 5.75 Å². The smallest absolute Gasteiger partial charge is 0.222 e. The molecule has 0 spiro atoms. The minimum Gasteiger partial charge on any atom is -0.494 e. The lowest BCUT2D eigenvalue weighted by Crippen LogP contribution is -2.47. The maximum Gasteiger partial charge on any atom is 0.222 e. The summed E-state index contributed by atoms with van der Waals surface area (Å²) >= 11 is 0. The summed E-state index contributed by atoms with van der Waals surface area (Å²) in [6.45, 7) is 4.06. The lowest BCUT2D eigenvalue weighted by Gasteiger charge is -2.35. The van der Waals surface area contributed by atoms with E-state index in [2.05, 4.69) is 0 Å². The van der Waals surface area contributed by atoms with E-state index in [-0.39, 0.29) is 11.9 Å². The highest BCUT2D eigenvalue weighted by atomic mass is 16.5. The second-order valence-electron chi connectivity index (χ2n) is 5.74. The normalized spacial score (nSPS) is 18.6. The first-order valence-electron chi connectivity index (χ1n) is 7.89. The van der Waals surface area contributed by atoms with Gasteiger partial charge in [-0.3, -0.25) is 4.79 Å². The molecule has 1 amide bonds. The van der Waals surface area contributed by atoms with Crippen molar-refractivity contribution in [2.45, 2.75) is 45.1 Å². The van der Waals surface area contributed by atoms with E-state index >= 15 is 0 Å². The molecule has 1 heterocycles. The SMILES string of the molecule is Cc1cccc(OCCCC(=O)N2CCCCC2CN)c1. The molecule has 0 bridgehead atoms. The summed E-state index contributed by atoms with van der Waals surface area (Å²) in [5, 5.41) is 0. The third-order valence-electron chi connectivity index (χ3n) is 4.01. The Morgan fingerprint density at radius 1 is 1.43 bits per heavy atom. The Morgan fingerprint density at radius 3 is 3.05 bits per heavy atom. The topological polar surface area (TPSA) is 55.6 Å². The van der Waals surface area contributed by atoms with Crippen molar-refractivity contribution in [2.75, 3.05) is 19.7 Å². The van der Waals surface area contributed by atoms with Gasteiger partial charge >= 0.3 is 0 Å². The van der Waals surface area contributed by atoms with Gasteiger partial charge in [-0.1, -0.05) is 12.1 Å². The number of carbonyl (C=O) groups is 1. The molecule has 1 aliphatic heterocycles. The van der Waals surface area contributed by atoms with E-state index in [9.17, 15) is 4.79 Å². The van der Waals surface area contributed by atoms with Crippen LogP contribution in [0.4, 0.5) is 0 Å². The predicted octanol–water partition coefficient (Wildman–Crippen LogP) is 2.49. The number of hydrogen-bond acceptors (Lipinski definition) is 3. The number of nitrogens with zero attached hydrogens (tertiary/aromatic N) is 1. The molecule has 1 fully saturated rings. The summed E-state index contributed by atoms with van der Waals surface area (Å²) in [7, 11) is 0. The van der Waals surface area contributed by atoms with Crippen LogP contribution in [0.3, 0.4) is 0 Å². The molecule has 4 heteroatoms. The van der Waals surface area contributed by atoms with Crippen LogP contribution in [0.15, 0.2) is 24.3 Å². The number of benzene rings is 1. The van der Waals surface area contributed by atoms with E-state index in [0.717, 1.165) is 31.6 Å². The Hall–Kier alpha value is -1.55. The second kappa shape index (κ2) is 8.03. The summed E-state index contributed by atoms with van der Waals surface area (Å²) in [4.78, 5) is 14.2. The van der Waals surface area contributed by atoms with Gasteiger partial charge in [-0.2, -0.15) is 0 Å². The Kier molecular flexibility index (Phi) is 6.05. The van der Waals surface area contributed by atoms with Crippen molar-refractivity contribution in [1.29, 1.82) is 0 Å². The van der Waals surface area contributed by atoms with Gasteiger partial charge in [0.05, 0.1) is 6.61 Å². The third-order valence-corrected chi connectivity index (χ3v) is 4.01. The van der Waals surface area contributed by atoms with Crippen LogP contribution in [0.25, 0.3) is 0 Å². The molecule has 1 aromatic rings. The van der Waals surface area contributed by atoms with E-state index < -0.39 is 0 Å². The maximum atomic E-state index is 12.2. The van der Waals surface area contributed by atoms with Crippen molar-refractivity contribution in [3.05, 3.63) is 29.8 Å². The van der Waals surface area contributed by atoms with Crippen molar-refractivity contribution in [2.24, 2.45) is 5.73 Å². The van der Waals surface area contributed by atoms with E-state index in [1.54, 1.807) is 0 Å². The lowest BCUT2D eigenvalue weighted by atomic mass is 10.0. The molecule has 2 N–H and O–H groups in total. The van der Waals surface area contributed by atoms with E-state index in [1.165, 1.54) is 12.0 Å². The van der Waals surface area contributed by atoms with Crippen LogP contribution in [-0.4, -0.2) is 36.5 Å². The average Bonchev–Trinajstić information content (AvgIpc) is 2.51. The van der Waals surface area contributed by atoms with Crippen LogP contribution in [0.2, 0.25) is 0 Å². The third kappa shape index (κ3) is 4.74. The molecule has 1 aliphatic rings. The monoisotopic (exact) mass is 290 g/mol. The molecular weight excluding hydrogens is 264 g/mol. The van der Waals surface area contributed by atoms with Crippen molar-refractivity contribution >= 4 is 5.91 Å². The van der Waals surface area contributed by atoms with Gasteiger partial charge in [0.15, 0.2) is 0 Å². The number of likely N-dealkylation sites (tertiary alicyclic amines) is 1. The molecule has 1 atom stereocenters. The first-order valence-corrected chi connectivity index (χ1v) is 7.89. The van der Waals surface area contributed by atoms with Crippen LogP contribution < -0.4 is 10.5 Å².